The summed E-state index contributed by atoms with van der Waals surface area (Å²) in [6, 6.07) is 5.15. The Morgan fingerprint density at radius 1 is 1.58 bits per heavy atom. The standard InChI is InChI=1S/C14H15ClO4/c15-12-2-3-13(11(7-12)1-4-14(16)17)19-9-10-5-6-18-8-10/h1-4,7,10H,5-6,8-9H2,(H,16,17)/b4-1+. The van der Waals surface area contributed by atoms with Crippen molar-refractivity contribution < 1.29 is 19.4 Å². The molecule has 0 bridgehead atoms. The Labute approximate surface area is 116 Å². The summed E-state index contributed by atoms with van der Waals surface area (Å²) in [6.45, 7) is 2.06. The molecule has 0 spiro atoms. The van der Waals surface area contributed by atoms with Gasteiger partial charge >= 0.3 is 5.97 Å². The molecule has 1 atom stereocenters. The van der Waals surface area contributed by atoms with Crippen molar-refractivity contribution in [1.82, 2.24) is 0 Å². The van der Waals surface area contributed by atoms with Gasteiger partial charge in [-0.3, -0.25) is 0 Å². The first-order valence-corrected chi connectivity index (χ1v) is 6.44. The van der Waals surface area contributed by atoms with Crippen LogP contribution >= 0.6 is 11.6 Å². The quantitative estimate of drug-likeness (QED) is 0.844. The maximum Gasteiger partial charge on any atom is 0.328 e. The molecule has 1 aliphatic heterocycles. The third-order valence-corrected chi connectivity index (χ3v) is 3.11. The highest BCUT2D eigenvalue weighted by atomic mass is 35.5. The van der Waals surface area contributed by atoms with E-state index in [0.29, 0.717) is 35.5 Å². The summed E-state index contributed by atoms with van der Waals surface area (Å²) in [5.41, 5.74) is 0.661. The van der Waals surface area contributed by atoms with Crippen molar-refractivity contribution in [1.29, 1.82) is 0 Å². The van der Waals surface area contributed by atoms with Crippen molar-refractivity contribution >= 4 is 23.6 Å². The van der Waals surface area contributed by atoms with E-state index >= 15 is 0 Å². The third kappa shape index (κ3) is 4.26. The summed E-state index contributed by atoms with van der Waals surface area (Å²) in [5, 5.41) is 9.20. The number of carbonyl (C=O) groups is 1. The lowest BCUT2D eigenvalue weighted by atomic mass is 10.1. The van der Waals surface area contributed by atoms with E-state index < -0.39 is 5.97 Å². The van der Waals surface area contributed by atoms with Gasteiger partial charge in [0.2, 0.25) is 0 Å². The third-order valence-electron chi connectivity index (χ3n) is 2.88. The smallest absolute Gasteiger partial charge is 0.328 e. The molecule has 1 aromatic rings. The molecule has 0 saturated carbocycles. The normalized spacial score (nSPS) is 18.9. The summed E-state index contributed by atoms with van der Waals surface area (Å²) in [7, 11) is 0. The Balaban J connectivity index is 2.07. The van der Waals surface area contributed by atoms with Gasteiger partial charge in [-0.15, -0.1) is 0 Å². The van der Waals surface area contributed by atoms with Gasteiger partial charge in [0.1, 0.15) is 5.75 Å². The SMILES string of the molecule is O=C(O)/C=C/c1cc(Cl)ccc1OCC1CCOC1. The monoisotopic (exact) mass is 282 g/mol. The Hall–Kier alpha value is -1.52. The van der Waals surface area contributed by atoms with Crippen LogP contribution in [0.3, 0.4) is 0 Å². The second-order valence-electron chi connectivity index (χ2n) is 4.39. The van der Waals surface area contributed by atoms with E-state index in [4.69, 9.17) is 26.2 Å². The van der Waals surface area contributed by atoms with Crippen LogP contribution in [-0.2, 0) is 9.53 Å². The number of rotatable bonds is 5. The molecular formula is C14H15ClO4. The second kappa shape index (κ2) is 6.59. The molecule has 5 heteroatoms. The van der Waals surface area contributed by atoms with Gasteiger partial charge in [0.05, 0.1) is 13.2 Å². The van der Waals surface area contributed by atoms with E-state index in [1.807, 2.05) is 0 Å². The van der Waals surface area contributed by atoms with Crippen molar-refractivity contribution in [3.63, 3.8) is 0 Å². The maximum atomic E-state index is 10.6. The van der Waals surface area contributed by atoms with Gasteiger partial charge in [-0.05, 0) is 30.7 Å². The lowest BCUT2D eigenvalue weighted by Crippen LogP contribution is -2.12. The summed E-state index contributed by atoms with van der Waals surface area (Å²) < 4.78 is 11.0. The van der Waals surface area contributed by atoms with Crippen LogP contribution in [-0.4, -0.2) is 30.9 Å². The number of hydrogen-bond acceptors (Lipinski definition) is 3. The fraction of sp³-hybridized carbons (Fsp3) is 0.357. The van der Waals surface area contributed by atoms with Crippen LogP contribution in [0.4, 0.5) is 0 Å². The molecule has 1 N–H and O–H groups in total. The molecule has 1 saturated heterocycles. The van der Waals surface area contributed by atoms with Crippen LogP contribution in [0, 0.1) is 5.92 Å². The zero-order chi connectivity index (χ0) is 13.7. The molecule has 0 radical (unpaired) electrons. The lowest BCUT2D eigenvalue weighted by molar-refractivity contribution is -0.131. The Bertz CT molecular complexity index is 478. The van der Waals surface area contributed by atoms with E-state index in [0.717, 1.165) is 19.1 Å². The summed E-state index contributed by atoms with van der Waals surface area (Å²) in [6.07, 6.45) is 3.54. The first-order valence-electron chi connectivity index (χ1n) is 6.06. The van der Waals surface area contributed by atoms with Gasteiger partial charge in [-0.1, -0.05) is 11.6 Å². The molecule has 1 unspecified atom stereocenters. The van der Waals surface area contributed by atoms with Gasteiger partial charge in [-0.2, -0.15) is 0 Å². The molecule has 19 heavy (non-hydrogen) atoms. The first-order chi connectivity index (χ1) is 9.15. The number of ether oxygens (including phenoxy) is 2. The average Bonchev–Trinajstić information content (AvgIpc) is 2.88. The summed E-state index contributed by atoms with van der Waals surface area (Å²) in [5.74, 6) is 0.0240. The molecule has 4 nitrogen and oxygen atoms in total. The van der Waals surface area contributed by atoms with Crippen LogP contribution in [0.1, 0.15) is 12.0 Å². The lowest BCUT2D eigenvalue weighted by Gasteiger charge is -2.12. The fourth-order valence-corrected chi connectivity index (χ4v) is 2.05. The highest BCUT2D eigenvalue weighted by Crippen LogP contribution is 2.25. The largest absolute Gasteiger partial charge is 0.493 e. The minimum absolute atomic E-state index is 0.395. The Kier molecular flexibility index (Phi) is 4.82. The maximum absolute atomic E-state index is 10.6. The number of hydrogen-bond donors (Lipinski definition) is 1. The van der Waals surface area contributed by atoms with Crippen molar-refractivity contribution in [2.45, 2.75) is 6.42 Å². The molecule has 1 aromatic carbocycles. The summed E-state index contributed by atoms with van der Waals surface area (Å²) >= 11 is 5.90. The van der Waals surface area contributed by atoms with Gasteiger partial charge in [-0.25, -0.2) is 4.79 Å². The highest BCUT2D eigenvalue weighted by Gasteiger charge is 2.16. The summed E-state index contributed by atoms with van der Waals surface area (Å²) in [4.78, 5) is 10.6. The highest BCUT2D eigenvalue weighted by molar-refractivity contribution is 6.30. The van der Waals surface area contributed by atoms with E-state index in [1.165, 1.54) is 6.08 Å². The Morgan fingerprint density at radius 2 is 2.42 bits per heavy atom. The van der Waals surface area contributed by atoms with Crippen molar-refractivity contribution in [3.8, 4) is 5.75 Å². The molecule has 1 aliphatic rings. The van der Waals surface area contributed by atoms with E-state index in [-0.39, 0.29) is 0 Å². The average molecular weight is 283 g/mol. The number of carboxylic acid groups (broad SMARTS) is 1. The Morgan fingerprint density at radius 3 is 3.11 bits per heavy atom. The van der Waals surface area contributed by atoms with Crippen LogP contribution in [0.15, 0.2) is 24.3 Å². The molecule has 0 amide bonds. The van der Waals surface area contributed by atoms with Crippen molar-refractivity contribution in [2.75, 3.05) is 19.8 Å². The fourth-order valence-electron chi connectivity index (χ4n) is 1.86. The first kappa shape index (κ1) is 13.9. The van der Waals surface area contributed by atoms with Crippen molar-refractivity contribution in [3.05, 3.63) is 34.9 Å². The zero-order valence-electron chi connectivity index (χ0n) is 10.3. The molecule has 1 heterocycles. The van der Waals surface area contributed by atoms with Crippen LogP contribution in [0.25, 0.3) is 6.08 Å². The van der Waals surface area contributed by atoms with Gasteiger partial charge < -0.3 is 14.6 Å². The topological polar surface area (TPSA) is 55.8 Å². The minimum Gasteiger partial charge on any atom is -0.493 e. The predicted molar refractivity (Wildman–Crippen MR) is 72.5 cm³/mol. The van der Waals surface area contributed by atoms with E-state index in [1.54, 1.807) is 18.2 Å². The molecule has 2 rings (SSSR count). The number of carboxylic acids is 1. The van der Waals surface area contributed by atoms with Crippen LogP contribution < -0.4 is 4.74 Å². The van der Waals surface area contributed by atoms with Gasteiger partial charge in [0, 0.05) is 29.2 Å². The van der Waals surface area contributed by atoms with Gasteiger partial charge in [0.15, 0.2) is 0 Å². The molecule has 102 valence electrons. The molecule has 0 aromatic heterocycles. The van der Waals surface area contributed by atoms with Crippen LogP contribution in [0.2, 0.25) is 5.02 Å². The number of benzene rings is 1. The zero-order valence-corrected chi connectivity index (χ0v) is 11.1. The molecule has 0 aliphatic carbocycles. The second-order valence-corrected chi connectivity index (χ2v) is 4.83. The number of halogens is 1. The van der Waals surface area contributed by atoms with Crippen LogP contribution in [0.5, 0.6) is 5.75 Å². The van der Waals surface area contributed by atoms with E-state index in [2.05, 4.69) is 0 Å². The number of aliphatic carboxylic acids is 1. The van der Waals surface area contributed by atoms with Crippen molar-refractivity contribution in [2.24, 2.45) is 5.92 Å². The molecule has 1 fully saturated rings. The van der Waals surface area contributed by atoms with E-state index in [9.17, 15) is 4.79 Å². The predicted octanol–water partition coefficient (Wildman–Crippen LogP) is 2.85. The molecular weight excluding hydrogens is 268 g/mol. The van der Waals surface area contributed by atoms with Gasteiger partial charge in [0.25, 0.3) is 0 Å². The minimum atomic E-state index is -1.00.